The van der Waals surface area contributed by atoms with Crippen LogP contribution in [-0.4, -0.2) is 23.7 Å². The van der Waals surface area contributed by atoms with Gasteiger partial charge in [0.15, 0.2) is 0 Å². The van der Waals surface area contributed by atoms with Crippen LogP contribution in [0.2, 0.25) is 0 Å². The van der Waals surface area contributed by atoms with Crippen LogP contribution >= 0.6 is 0 Å². The Bertz CT molecular complexity index is 692. The van der Waals surface area contributed by atoms with Gasteiger partial charge < -0.3 is 15.2 Å². The van der Waals surface area contributed by atoms with Gasteiger partial charge in [0, 0.05) is 31.1 Å². The van der Waals surface area contributed by atoms with E-state index in [1.807, 2.05) is 25.2 Å². The first kappa shape index (κ1) is 13.2. The van der Waals surface area contributed by atoms with Crippen molar-refractivity contribution in [3.05, 3.63) is 40.7 Å². The summed E-state index contributed by atoms with van der Waals surface area (Å²) >= 11 is 0. The zero-order chi connectivity index (χ0) is 14.3. The molecular weight excluding hydrogens is 250 g/mol. The van der Waals surface area contributed by atoms with Gasteiger partial charge in [0.2, 0.25) is 0 Å². The zero-order valence-electron chi connectivity index (χ0n) is 12.0. The standard InChI is InChI=1S/C16H21N3O/c1-11-7-12(9-17)10-19(11)15-8-16(20)18(2)14-6-4-3-5-13(14)15/h3-6,8,11-12H,7,9-10,17H2,1-2H3. The first-order chi connectivity index (χ1) is 9.61. The third-order valence-electron chi connectivity index (χ3n) is 4.44. The van der Waals surface area contributed by atoms with Crippen LogP contribution in [0.5, 0.6) is 0 Å². The van der Waals surface area contributed by atoms with Gasteiger partial charge in [-0.25, -0.2) is 0 Å². The molecule has 0 radical (unpaired) electrons. The molecule has 20 heavy (non-hydrogen) atoms. The van der Waals surface area contributed by atoms with E-state index in [4.69, 9.17) is 5.73 Å². The maximum Gasteiger partial charge on any atom is 0.252 e. The van der Waals surface area contributed by atoms with Crippen molar-refractivity contribution in [2.24, 2.45) is 18.7 Å². The number of nitrogens with two attached hydrogens (primary N) is 1. The van der Waals surface area contributed by atoms with Gasteiger partial charge in [-0.05, 0) is 31.9 Å². The minimum absolute atomic E-state index is 0.0436. The predicted octanol–water partition coefficient (Wildman–Crippen LogP) is 1.71. The van der Waals surface area contributed by atoms with E-state index in [2.05, 4.69) is 17.9 Å². The highest BCUT2D eigenvalue weighted by atomic mass is 16.1. The summed E-state index contributed by atoms with van der Waals surface area (Å²) in [5, 5.41) is 1.14. The van der Waals surface area contributed by atoms with Gasteiger partial charge in [-0.1, -0.05) is 18.2 Å². The fourth-order valence-corrected chi connectivity index (χ4v) is 3.28. The molecule has 2 aromatic rings. The molecule has 2 unspecified atom stereocenters. The second kappa shape index (κ2) is 4.94. The molecule has 2 N–H and O–H groups in total. The number of hydrogen-bond acceptors (Lipinski definition) is 3. The third kappa shape index (κ3) is 2.00. The molecule has 0 aliphatic carbocycles. The van der Waals surface area contributed by atoms with Crippen molar-refractivity contribution in [3.63, 3.8) is 0 Å². The van der Waals surface area contributed by atoms with E-state index < -0.39 is 0 Å². The Hall–Kier alpha value is -1.81. The zero-order valence-corrected chi connectivity index (χ0v) is 12.0. The van der Waals surface area contributed by atoms with Crippen molar-refractivity contribution in [2.75, 3.05) is 18.0 Å². The van der Waals surface area contributed by atoms with Gasteiger partial charge in [0.05, 0.1) is 11.2 Å². The number of rotatable bonds is 2. The lowest BCUT2D eigenvalue weighted by Gasteiger charge is -2.26. The van der Waals surface area contributed by atoms with Crippen molar-refractivity contribution >= 4 is 16.6 Å². The number of anilines is 1. The average molecular weight is 271 g/mol. The smallest absolute Gasteiger partial charge is 0.252 e. The number of pyridine rings is 1. The quantitative estimate of drug-likeness (QED) is 0.904. The first-order valence-electron chi connectivity index (χ1n) is 7.17. The average Bonchev–Trinajstić information content (AvgIpc) is 2.84. The minimum atomic E-state index is 0.0436. The molecule has 1 aliphatic heterocycles. The Kier molecular flexibility index (Phi) is 3.26. The molecule has 1 fully saturated rings. The first-order valence-corrected chi connectivity index (χ1v) is 7.17. The highest BCUT2D eigenvalue weighted by Gasteiger charge is 2.29. The number of benzene rings is 1. The maximum atomic E-state index is 12.2. The normalized spacial score (nSPS) is 22.6. The SMILES string of the molecule is CC1CC(CN)CN1c1cc(=O)n(C)c2ccccc12. The lowest BCUT2D eigenvalue weighted by atomic mass is 10.1. The number of hydrogen-bond donors (Lipinski definition) is 1. The highest BCUT2D eigenvalue weighted by molar-refractivity contribution is 5.92. The van der Waals surface area contributed by atoms with Crippen molar-refractivity contribution < 1.29 is 0 Å². The van der Waals surface area contributed by atoms with Crippen LogP contribution in [0.3, 0.4) is 0 Å². The van der Waals surface area contributed by atoms with Gasteiger partial charge in [-0.2, -0.15) is 0 Å². The molecule has 1 aliphatic rings. The molecule has 3 rings (SSSR count). The number of aromatic nitrogens is 1. The summed E-state index contributed by atoms with van der Waals surface area (Å²) in [6.45, 7) is 3.86. The van der Waals surface area contributed by atoms with E-state index in [0.29, 0.717) is 18.5 Å². The molecule has 4 nitrogen and oxygen atoms in total. The second-order valence-electron chi connectivity index (χ2n) is 5.78. The van der Waals surface area contributed by atoms with E-state index >= 15 is 0 Å². The van der Waals surface area contributed by atoms with E-state index in [9.17, 15) is 4.79 Å². The number of para-hydroxylation sites is 1. The molecule has 4 heteroatoms. The molecule has 0 saturated carbocycles. The summed E-state index contributed by atoms with van der Waals surface area (Å²) in [5.74, 6) is 0.521. The van der Waals surface area contributed by atoms with Gasteiger partial charge in [0.25, 0.3) is 5.56 Å². The summed E-state index contributed by atoms with van der Waals surface area (Å²) < 4.78 is 1.71. The molecule has 106 valence electrons. The molecule has 2 atom stereocenters. The summed E-state index contributed by atoms with van der Waals surface area (Å²) in [6.07, 6.45) is 1.10. The summed E-state index contributed by atoms with van der Waals surface area (Å²) in [5.41, 5.74) is 7.89. The van der Waals surface area contributed by atoms with Gasteiger partial charge in [-0.15, -0.1) is 0 Å². The van der Waals surface area contributed by atoms with Crippen LogP contribution in [0.25, 0.3) is 10.9 Å². The van der Waals surface area contributed by atoms with E-state index in [-0.39, 0.29) is 5.56 Å². The Labute approximate surface area is 118 Å². The summed E-state index contributed by atoms with van der Waals surface area (Å²) in [4.78, 5) is 14.5. The fourth-order valence-electron chi connectivity index (χ4n) is 3.28. The Balaban J connectivity index is 2.17. The number of nitrogens with zero attached hydrogens (tertiary/aromatic N) is 2. The molecule has 2 heterocycles. The summed E-state index contributed by atoms with van der Waals surface area (Å²) in [7, 11) is 1.82. The van der Waals surface area contributed by atoms with Crippen LogP contribution in [0, 0.1) is 5.92 Å². The lowest BCUT2D eigenvalue weighted by Crippen LogP contribution is -2.30. The molecular formula is C16H21N3O. The van der Waals surface area contributed by atoms with Crippen molar-refractivity contribution in [1.82, 2.24) is 4.57 Å². The highest BCUT2D eigenvalue weighted by Crippen LogP contribution is 2.32. The number of aryl methyl sites for hydroxylation is 1. The predicted molar refractivity (Wildman–Crippen MR) is 83.2 cm³/mol. The molecule has 0 amide bonds. The Morgan fingerprint density at radius 3 is 2.80 bits per heavy atom. The van der Waals surface area contributed by atoms with Crippen LogP contribution in [0.4, 0.5) is 5.69 Å². The van der Waals surface area contributed by atoms with Crippen LogP contribution in [0.15, 0.2) is 35.1 Å². The molecule has 0 spiro atoms. The van der Waals surface area contributed by atoms with Crippen LogP contribution in [0.1, 0.15) is 13.3 Å². The van der Waals surface area contributed by atoms with Crippen molar-refractivity contribution in [1.29, 1.82) is 0 Å². The minimum Gasteiger partial charge on any atom is -0.368 e. The molecule has 1 saturated heterocycles. The summed E-state index contributed by atoms with van der Waals surface area (Å²) in [6, 6.07) is 10.3. The molecule has 1 aromatic heterocycles. The van der Waals surface area contributed by atoms with E-state index in [0.717, 1.165) is 29.6 Å². The lowest BCUT2D eigenvalue weighted by molar-refractivity contribution is 0.579. The van der Waals surface area contributed by atoms with E-state index in [1.165, 1.54) is 0 Å². The van der Waals surface area contributed by atoms with Crippen molar-refractivity contribution in [2.45, 2.75) is 19.4 Å². The number of fused-ring (bicyclic) bond motifs is 1. The monoisotopic (exact) mass is 271 g/mol. The van der Waals surface area contributed by atoms with Gasteiger partial charge in [-0.3, -0.25) is 4.79 Å². The fraction of sp³-hybridized carbons (Fsp3) is 0.438. The van der Waals surface area contributed by atoms with Crippen molar-refractivity contribution in [3.8, 4) is 0 Å². The second-order valence-corrected chi connectivity index (χ2v) is 5.78. The van der Waals surface area contributed by atoms with Crippen LogP contribution < -0.4 is 16.2 Å². The maximum absolute atomic E-state index is 12.2. The largest absolute Gasteiger partial charge is 0.368 e. The Morgan fingerprint density at radius 2 is 2.10 bits per heavy atom. The topological polar surface area (TPSA) is 51.3 Å². The molecule has 0 bridgehead atoms. The van der Waals surface area contributed by atoms with E-state index in [1.54, 1.807) is 10.6 Å². The van der Waals surface area contributed by atoms with Crippen LogP contribution in [-0.2, 0) is 7.05 Å². The Morgan fingerprint density at radius 1 is 1.35 bits per heavy atom. The third-order valence-corrected chi connectivity index (χ3v) is 4.44. The molecule has 1 aromatic carbocycles. The van der Waals surface area contributed by atoms with Gasteiger partial charge >= 0.3 is 0 Å². The van der Waals surface area contributed by atoms with Gasteiger partial charge in [0.1, 0.15) is 0 Å².